The molecule has 0 spiro atoms. The molecule has 0 aliphatic carbocycles. The number of nitrogens with zero attached hydrogens (tertiary/aromatic N) is 3. The van der Waals surface area contributed by atoms with Gasteiger partial charge in [0.25, 0.3) is 5.56 Å². The zero-order valence-electron chi connectivity index (χ0n) is 19.5. The fraction of sp³-hybridized carbons (Fsp3) is 0.296. The van der Waals surface area contributed by atoms with Crippen LogP contribution in [0.15, 0.2) is 64.8 Å². The van der Waals surface area contributed by atoms with Crippen LogP contribution in [-0.2, 0) is 11.3 Å². The van der Waals surface area contributed by atoms with Gasteiger partial charge in [0.1, 0.15) is 4.70 Å². The lowest BCUT2D eigenvalue weighted by molar-refractivity contribution is -0.120. The van der Waals surface area contributed by atoms with E-state index in [0.29, 0.717) is 23.7 Å². The van der Waals surface area contributed by atoms with Crippen LogP contribution >= 0.6 is 11.3 Å². The number of benzene rings is 2. The number of amides is 1. The smallest absolute Gasteiger partial charge is 0.273 e. The molecule has 2 aromatic carbocycles. The Labute approximate surface area is 202 Å². The molecule has 1 N–H and O–H groups in total. The molecule has 1 fully saturated rings. The van der Waals surface area contributed by atoms with Gasteiger partial charge < -0.3 is 10.2 Å². The molecular formula is C27H28N4O2S. The molecule has 1 aliphatic heterocycles. The van der Waals surface area contributed by atoms with E-state index in [0.717, 1.165) is 41.7 Å². The number of rotatable bonds is 5. The second kappa shape index (κ2) is 9.43. The van der Waals surface area contributed by atoms with E-state index in [-0.39, 0.29) is 17.4 Å². The Kier molecular flexibility index (Phi) is 6.20. The molecule has 174 valence electrons. The van der Waals surface area contributed by atoms with Crippen LogP contribution in [0.1, 0.15) is 29.5 Å². The Balaban J connectivity index is 1.44. The van der Waals surface area contributed by atoms with Crippen molar-refractivity contribution in [3.63, 3.8) is 0 Å². The van der Waals surface area contributed by atoms with Gasteiger partial charge in [-0.25, -0.2) is 4.98 Å². The summed E-state index contributed by atoms with van der Waals surface area (Å²) in [4.78, 5) is 33.5. The first-order valence-corrected chi connectivity index (χ1v) is 12.5. The van der Waals surface area contributed by atoms with E-state index in [9.17, 15) is 9.59 Å². The van der Waals surface area contributed by atoms with Crippen LogP contribution in [0.3, 0.4) is 0 Å². The average molecular weight is 473 g/mol. The lowest BCUT2D eigenvalue weighted by atomic mass is 9.97. The van der Waals surface area contributed by atoms with E-state index >= 15 is 0 Å². The topological polar surface area (TPSA) is 67.2 Å². The van der Waals surface area contributed by atoms with Crippen molar-refractivity contribution in [1.29, 1.82) is 0 Å². The van der Waals surface area contributed by atoms with Crippen LogP contribution < -0.4 is 15.8 Å². The minimum absolute atomic E-state index is 0.0133. The van der Waals surface area contributed by atoms with Crippen LogP contribution in [0, 0.1) is 19.8 Å². The number of hydrogen-bond acceptors (Lipinski definition) is 5. The van der Waals surface area contributed by atoms with Gasteiger partial charge in [0, 0.05) is 18.8 Å². The van der Waals surface area contributed by atoms with Crippen molar-refractivity contribution >= 4 is 39.1 Å². The number of thiophene rings is 1. The molecule has 6 nitrogen and oxygen atoms in total. The highest BCUT2D eigenvalue weighted by Gasteiger charge is 2.29. The van der Waals surface area contributed by atoms with Crippen molar-refractivity contribution in [2.45, 2.75) is 33.2 Å². The van der Waals surface area contributed by atoms with Gasteiger partial charge in [-0.05, 0) is 61.4 Å². The number of carbonyl (C=O) groups is 1. The van der Waals surface area contributed by atoms with Gasteiger partial charge in [-0.15, -0.1) is 11.3 Å². The summed E-state index contributed by atoms with van der Waals surface area (Å²) in [6, 6.07) is 18.0. The SMILES string of the molecule is Cc1ccc(Cn2c(N3CCC[C@H](C(=O)Nc4cccc(C)c4)C3)nc3ccsc3c2=O)cc1. The molecule has 7 heteroatoms. The predicted octanol–water partition coefficient (Wildman–Crippen LogP) is 4.98. The predicted molar refractivity (Wildman–Crippen MR) is 139 cm³/mol. The van der Waals surface area contributed by atoms with E-state index < -0.39 is 0 Å². The molecule has 5 rings (SSSR count). The van der Waals surface area contributed by atoms with Crippen LogP contribution in [-0.4, -0.2) is 28.5 Å². The molecule has 1 amide bonds. The van der Waals surface area contributed by atoms with Gasteiger partial charge in [-0.1, -0.05) is 42.0 Å². The molecule has 3 heterocycles. The van der Waals surface area contributed by atoms with Crippen molar-refractivity contribution < 1.29 is 4.79 Å². The molecule has 34 heavy (non-hydrogen) atoms. The summed E-state index contributed by atoms with van der Waals surface area (Å²) in [5.41, 5.74) is 4.85. The molecule has 0 unspecified atom stereocenters. The summed E-state index contributed by atoms with van der Waals surface area (Å²) in [5.74, 6) is 0.487. The summed E-state index contributed by atoms with van der Waals surface area (Å²) >= 11 is 1.43. The number of piperidine rings is 1. The fourth-order valence-corrected chi connectivity index (χ4v) is 5.31. The Bertz CT molecular complexity index is 1390. The van der Waals surface area contributed by atoms with Crippen molar-refractivity contribution in [2.24, 2.45) is 5.92 Å². The van der Waals surface area contributed by atoms with Crippen LogP contribution in [0.5, 0.6) is 0 Å². The standard InChI is InChI=1S/C27H28N4O2S/c1-18-8-10-20(11-9-18)16-31-26(33)24-23(12-14-34-24)29-27(31)30-13-4-6-21(17-30)25(32)28-22-7-3-5-19(2)15-22/h3,5,7-12,14-15,21H,4,6,13,16-17H2,1-2H3,(H,28,32)/t21-/m0/s1. The third-order valence-corrected chi connectivity index (χ3v) is 7.26. The number of fused-ring (bicyclic) bond motifs is 1. The number of aromatic nitrogens is 2. The molecule has 2 aromatic heterocycles. The van der Waals surface area contributed by atoms with Gasteiger partial charge in [0.15, 0.2) is 0 Å². The Morgan fingerprint density at radius 2 is 1.94 bits per heavy atom. The zero-order valence-corrected chi connectivity index (χ0v) is 20.3. The Morgan fingerprint density at radius 1 is 1.12 bits per heavy atom. The minimum atomic E-state index is -0.169. The maximum absolute atomic E-state index is 13.4. The van der Waals surface area contributed by atoms with E-state index in [1.165, 1.54) is 16.9 Å². The van der Waals surface area contributed by atoms with E-state index in [2.05, 4.69) is 41.4 Å². The monoisotopic (exact) mass is 472 g/mol. The van der Waals surface area contributed by atoms with E-state index in [1.54, 1.807) is 4.57 Å². The van der Waals surface area contributed by atoms with Crippen molar-refractivity contribution in [3.05, 3.63) is 87.0 Å². The highest BCUT2D eigenvalue weighted by atomic mass is 32.1. The largest absolute Gasteiger partial charge is 0.341 e. The average Bonchev–Trinajstić information content (AvgIpc) is 3.31. The number of nitrogens with one attached hydrogen (secondary N) is 1. The maximum atomic E-state index is 13.4. The summed E-state index contributed by atoms with van der Waals surface area (Å²) in [6.07, 6.45) is 1.69. The highest BCUT2D eigenvalue weighted by Crippen LogP contribution is 2.26. The normalized spacial score (nSPS) is 16.1. The number of aryl methyl sites for hydroxylation is 2. The van der Waals surface area contributed by atoms with Gasteiger partial charge in [-0.2, -0.15) is 0 Å². The van der Waals surface area contributed by atoms with Crippen molar-refractivity contribution in [3.8, 4) is 0 Å². The van der Waals surface area contributed by atoms with Gasteiger partial charge >= 0.3 is 0 Å². The number of hydrogen-bond donors (Lipinski definition) is 1. The molecule has 0 saturated carbocycles. The van der Waals surface area contributed by atoms with Crippen LogP contribution in [0.2, 0.25) is 0 Å². The maximum Gasteiger partial charge on any atom is 0.273 e. The zero-order chi connectivity index (χ0) is 23.7. The lowest BCUT2D eigenvalue weighted by Gasteiger charge is -2.34. The highest BCUT2D eigenvalue weighted by molar-refractivity contribution is 7.17. The fourth-order valence-electron chi connectivity index (χ4n) is 4.53. The third-order valence-electron chi connectivity index (χ3n) is 6.37. The second-order valence-electron chi connectivity index (χ2n) is 9.07. The van der Waals surface area contributed by atoms with Crippen LogP contribution in [0.4, 0.5) is 11.6 Å². The number of carbonyl (C=O) groups excluding carboxylic acids is 1. The molecule has 0 radical (unpaired) electrons. The first kappa shape index (κ1) is 22.3. The van der Waals surface area contributed by atoms with Crippen molar-refractivity contribution in [2.75, 3.05) is 23.3 Å². The third kappa shape index (κ3) is 4.61. The number of anilines is 2. The first-order valence-electron chi connectivity index (χ1n) is 11.6. The first-order chi connectivity index (χ1) is 16.5. The van der Waals surface area contributed by atoms with Crippen LogP contribution in [0.25, 0.3) is 10.2 Å². The molecule has 1 saturated heterocycles. The lowest BCUT2D eigenvalue weighted by Crippen LogP contribution is -2.43. The summed E-state index contributed by atoms with van der Waals surface area (Å²) in [5, 5.41) is 4.98. The molecular weight excluding hydrogens is 444 g/mol. The second-order valence-corrected chi connectivity index (χ2v) is 9.98. The molecule has 1 atom stereocenters. The quantitative estimate of drug-likeness (QED) is 0.445. The summed E-state index contributed by atoms with van der Waals surface area (Å²) < 4.78 is 2.44. The molecule has 1 aliphatic rings. The summed E-state index contributed by atoms with van der Waals surface area (Å²) in [7, 11) is 0. The Morgan fingerprint density at radius 3 is 2.74 bits per heavy atom. The molecule has 0 bridgehead atoms. The van der Waals surface area contributed by atoms with E-state index in [4.69, 9.17) is 4.98 Å². The molecule has 4 aromatic rings. The minimum Gasteiger partial charge on any atom is -0.341 e. The van der Waals surface area contributed by atoms with Gasteiger partial charge in [-0.3, -0.25) is 14.2 Å². The summed E-state index contributed by atoms with van der Waals surface area (Å²) in [6.45, 7) is 5.82. The van der Waals surface area contributed by atoms with Crippen molar-refractivity contribution in [1.82, 2.24) is 9.55 Å². The van der Waals surface area contributed by atoms with Gasteiger partial charge in [0.05, 0.1) is 18.0 Å². The van der Waals surface area contributed by atoms with E-state index in [1.807, 2.05) is 42.6 Å². The Hall–Kier alpha value is -3.45. The van der Waals surface area contributed by atoms with Gasteiger partial charge in [0.2, 0.25) is 11.9 Å².